The molecule has 1 heterocycles. The highest BCUT2D eigenvalue weighted by Crippen LogP contribution is 2.21. The molecule has 0 aromatic carbocycles. The van der Waals surface area contributed by atoms with E-state index in [1.165, 1.54) is 17.0 Å². The molecule has 2 N–H and O–H groups in total. The van der Waals surface area contributed by atoms with Crippen LogP contribution in [0.1, 0.15) is 57.1 Å². The van der Waals surface area contributed by atoms with Crippen molar-refractivity contribution >= 4 is 0 Å². The van der Waals surface area contributed by atoms with Crippen LogP contribution in [0.15, 0.2) is 0 Å². The molecule has 0 aliphatic heterocycles. The highest BCUT2D eigenvalue weighted by Gasteiger charge is 2.16. The van der Waals surface area contributed by atoms with Crippen molar-refractivity contribution in [3.63, 3.8) is 0 Å². The van der Waals surface area contributed by atoms with E-state index in [0.717, 1.165) is 19.3 Å². The van der Waals surface area contributed by atoms with Gasteiger partial charge in [-0.25, -0.2) is 0 Å². The Morgan fingerprint density at radius 3 is 2.33 bits per heavy atom. The van der Waals surface area contributed by atoms with Gasteiger partial charge in [-0.15, -0.1) is 0 Å². The van der Waals surface area contributed by atoms with Crippen LogP contribution in [0.25, 0.3) is 0 Å². The molecule has 0 aliphatic rings. The van der Waals surface area contributed by atoms with Gasteiger partial charge in [0.2, 0.25) is 0 Å². The fourth-order valence-corrected chi connectivity index (χ4v) is 1.99. The van der Waals surface area contributed by atoms with Gasteiger partial charge < -0.3 is 5.73 Å². The fourth-order valence-electron chi connectivity index (χ4n) is 1.99. The van der Waals surface area contributed by atoms with Gasteiger partial charge in [-0.2, -0.15) is 5.10 Å². The van der Waals surface area contributed by atoms with Gasteiger partial charge in [0.25, 0.3) is 0 Å². The Bertz CT molecular complexity index is 315. The third kappa shape index (κ3) is 2.23. The van der Waals surface area contributed by atoms with Crippen molar-refractivity contribution in [3.8, 4) is 0 Å². The van der Waals surface area contributed by atoms with Crippen LogP contribution < -0.4 is 5.73 Å². The Morgan fingerprint density at radius 1 is 1.27 bits per heavy atom. The topological polar surface area (TPSA) is 43.8 Å². The van der Waals surface area contributed by atoms with E-state index in [9.17, 15) is 0 Å². The molecule has 86 valence electrons. The van der Waals surface area contributed by atoms with Crippen LogP contribution in [0.5, 0.6) is 0 Å². The lowest BCUT2D eigenvalue weighted by atomic mass is 10.1. The van der Waals surface area contributed by atoms with E-state index in [1.807, 2.05) is 0 Å². The van der Waals surface area contributed by atoms with Crippen LogP contribution in [0.3, 0.4) is 0 Å². The minimum absolute atomic E-state index is 0.477. The normalized spacial score (nSPS) is 13.1. The number of nitrogens with two attached hydrogens (primary N) is 1. The SMILES string of the molecule is CCc1nn(C(C)CC)c(CC)c1CN. The molecule has 0 amide bonds. The van der Waals surface area contributed by atoms with Gasteiger partial charge in [0, 0.05) is 23.8 Å². The Kier molecular flexibility index (Phi) is 4.33. The molecule has 3 heteroatoms. The zero-order valence-electron chi connectivity index (χ0n) is 10.4. The lowest BCUT2D eigenvalue weighted by Gasteiger charge is -2.13. The molecule has 0 saturated heterocycles. The summed E-state index contributed by atoms with van der Waals surface area (Å²) in [5, 5.41) is 4.68. The Hall–Kier alpha value is -0.830. The molecule has 1 atom stereocenters. The minimum Gasteiger partial charge on any atom is -0.326 e. The van der Waals surface area contributed by atoms with Gasteiger partial charge in [-0.1, -0.05) is 20.8 Å². The van der Waals surface area contributed by atoms with E-state index in [0.29, 0.717) is 12.6 Å². The molecule has 3 nitrogen and oxygen atoms in total. The zero-order valence-corrected chi connectivity index (χ0v) is 10.4. The van der Waals surface area contributed by atoms with Gasteiger partial charge >= 0.3 is 0 Å². The summed E-state index contributed by atoms with van der Waals surface area (Å²) in [5.74, 6) is 0. The summed E-state index contributed by atoms with van der Waals surface area (Å²) >= 11 is 0. The lowest BCUT2D eigenvalue weighted by molar-refractivity contribution is 0.458. The average molecular weight is 209 g/mol. The zero-order chi connectivity index (χ0) is 11.4. The van der Waals surface area contributed by atoms with E-state index >= 15 is 0 Å². The first-order chi connectivity index (χ1) is 7.19. The second kappa shape index (κ2) is 5.31. The molecule has 0 fully saturated rings. The van der Waals surface area contributed by atoms with Crippen molar-refractivity contribution in [2.75, 3.05) is 0 Å². The number of aromatic nitrogens is 2. The Labute approximate surface area is 92.7 Å². The number of hydrogen-bond acceptors (Lipinski definition) is 2. The van der Waals surface area contributed by atoms with E-state index in [4.69, 9.17) is 5.73 Å². The summed E-state index contributed by atoms with van der Waals surface area (Å²) in [6.07, 6.45) is 3.11. The van der Waals surface area contributed by atoms with Crippen LogP contribution in [0.2, 0.25) is 0 Å². The van der Waals surface area contributed by atoms with Crippen LogP contribution in [-0.4, -0.2) is 9.78 Å². The third-order valence-corrected chi connectivity index (χ3v) is 3.08. The molecule has 0 aliphatic carbocycles. The number of aryl methyl sites for hydroxylation is 1. The molecule has 1 rings (SSSR count). The predicted molar refractivity (Wildman–Crippen MR) is 63.9 cm³/mol. The largest absolute Gasteiger partial charge is 0.326 e. The summed E-state index contributed by atoms with van der Waals surface area (Å²) in [6.45, 7) is 9.34. The molecular weight excluding hydrogens is 186 g/mol. The van der Waals surface area contributed by atoms with Crippen molar-refractivity contribution in [3.05, 3.63) is 17.0 Å². The lowest BCUT2D eigenvalue weighted by Crippen LogP contribution is -2.10. The third-order valence-electron chi connectivity index (χ3n) is 3.08. The summed E-state index contributed by atoms with van der Waals surface area (Å²) in [6, 6.07) is 0.477. The summed E-state index contributed by atoms with van der Waals surface area (Å²) < 4.78 is 2.17. The monoisotopic (exact) mass is 209 g/mol. The fraction of sp³-hybridized carbons (Fsp3) is 0.750. The van der Waals surface area contributed by atoms with Gasteiger partial charge in [0.05, 0.1) is 5.69 Å². The summed E-state index contributed by atoms with van der Waals surface area (Å²) in [4.78, 5) is 0. The molecule has 0 radical (unpaired) electrons. The van der Waals surface area contributed by atoms with Crippen LogP contribution >= 0.6 is 0 Å². The Morgan fingerprint density at radius 2 is 1.93 bits per heavy atom. The maximum Gasteiger partial charge on any atom is 0.0669 e. The van der Waals surface area contributed by atoms with Gasteiger partial charge in [0.15, 0.2) is 0 Å². The molecule has 0 saturated carbocycles. The first-order valence-corrected chi connectivity index (χ1v) is 5.98. The number of rotatable bonds is 5. The molecule has 1 aromatic heterocycles. The van der Waals surface area contributed by atoms with E-state index < -0.39 is 0 Å². The maximum absolute atomic E-state index is 5.80. The van der Waals surface area contributed by atoms with Crippen molar-refractivity contribution in [1.29, 1.82) is 0 Å². The molecule has 15 heavy (non-hydrogen) atoms. The van der Waals surface area contributed by atoms with Gasteiger partial charge in [-0.05, 0) is 26.2 Å². The minimum atomic E-state index is 0.477. The number of hydrogen-bond donors (Lipinski definition) is 1. The molecule has 0 spiro atoms. The smallest absolute Gasteiger partial charge is 0.0669 e. The molecule has 1 aromatic rings. The van der Waals surface area contributed by atoms with Crippen molar-refractivity contribution in [2.45, 2.75) is 59.5 Å². The van der Waals surface area contributed by atoms with Gasteiger partial charge in [0.1, 0.15) is 0 Å². The molecule has 0 bridgehead atoms. The molecule has 1 unspecified atom stereocenters. The van der Waals surface area contributed by atoms with E-state index in [-0.39, 0.29) is 0 Å². The predicted octanol–water partition coefficient (Wildman–Crippen LogP) is 2.44. The summed E-state index contributed by atoms with van der Waals surface area (Å²) in [5.41, 5.74) is 9.57. The summed E-state index contributed by atoms with van der Waals surface area (Å²) in [7, 11) is 0. The first kappa shape index (κ1) is 12.2. The second-order valence-corrected chi connectivity index (χ2v) is 3.99. The highest BCUT2D eigenvalue weighted by atomic mass is 15.3. The number of nitrogens with zero attached hydrogens (tertiary/aromatic N) is 2. The standard InChI is InChI=1S/C12H23N3/c1-5-9(4)15-12(7-3)10(8-13)11(6-2)14-15/h9H,5-8,13H2,1-4H3. The van der Waals surface area contributed by atoms with Crippen LogP contribution in [0.4, 0.5) is 0 Å². The highest BCUT2D eigenvalue weighted by molar-refractivity contribution is 5.27. The quantitative estimate of drug-likeness (QED) is 0.809. The van der Waals surface area contributed by atoms with E-state index in [2.05, 4.69) is 37.5 Å². The molecular formula is C12H23N3. The van der Waals surface area contributed by atoms with Crippen LogP contribution in [0, 0.1) is 0 Å². The van der Waals surface area contributed by atoms with Crippen molar-refractivity contribution in [2.24, 2.45) is 5.73 Å². The average Bonchev–Trinajstić information content (AvgIpc) is 2.65. The maximum atomic E-state index is 5.80. The van der Waals surface area contributed by atoms with E-state index in [1.54, 1.807) is 0 Å². The Balaban J connectivity index is 3.21. The van der Waals surface area contributed by atoms with Crippen molar-refractivity contribution < 1.29 is 0 Å². The second-order valence-electron chi connectivity index (χ2n) is 3.99. The van der Waals surface area contributed by atoms with Crippen LogP contribution in [-0.2, 0) is 19.4 Å². The van der Waals surface area contributed by atoms with Crippen molar-refractivity contribution in [1.82, 2.24) is 9.78 Å². The van der Waals surface area contributed by atoms with Gasteiger partial charge in [-0.3, -0.25) is 4.68 Å². The first-order valence-electron chi connectivity index (χ1n) is 5.98.